The van der Waals surface area contributed by atoms with Gasteiger partial charge in [0.05, 0.1) is 13.3 Å². The molecule has 0 fully saturated rings. The SMILES string of the molecule is COC(=O)c1c(C)cncc1F. The summed E-state index contributed by atoms with van der Waals surface area (Å²) in [5.41, 5.74) is 0.425. The lowest BCUT2D eigenvalue weighted by Gasteiger charge is -2.02. The van der Waals surface area contributed by atoms with Crippen molar-refractivity contribution >= 4 is 5.97 Å². The van der Waals surface area contributed by atoms with Crippen molar-refractivity contribution in [3.8, 4) is 0 Å². The van der Waals surface area contributed by atoms with E-state index in [1.54, 1.807) is 6.92 Å². The van der Waals surface area contributed by atoms with Gasteiger partial charge in [0.1, 0.15) is 5.56 Å². The monoisotopic (exact) mass is 169 g/mol. The van der Waals surface area contributed by atoms with Crippen LogP contribution in [0.1, 0.15) is 15.9 Å². The molecular weight excluding hydrogens is 161 g/mol. The zero-order chi connectivity index (χ0) is 9.14. The Kier molecular flexibility index (Phi) is 2.38. The van der Waals surface area contributed by atoms with E-state index >= 15 is 0 Å². The second-order valence-corrected chi connectivity index (χ2v) is 2.30. The van der Waals surface area contributed by atoms with Gasteiger partial charge in [-0.1, -0.05) is 0 Å². The maximum absolute atomic E-state index is 12.9. The summed E-state index contributed by atoms with van der Waals surface area (Å²) in [7, 11) is 1.21. The van der Waals surface area contributed by atoms with Gasteiger partial charge in [0.25, 0.3) is 0 Å². The molecule has 0 aliphatic heterocycles. The summed E-state index contributed by atoms with van der Waals surface area (Å²) in [6.45, 7) is 1.60. The van der Waals surface area contributed by atoms with E-state index in [9.17, 15) is 9.18 Å². The number of aromatic nitrogens is 1. The number of carbonyl (C=O) groups is 1. The van der Waals surface area contributed by atoms with Gasteiger partial charge in [-0.2, -0.15) is 0 Å². The fourth-order valence-corrected chi connectivity index (χ4v) is 0.893. The van der Waals surface area contributed by atoms with Crippen LogP contribution in [0.3, 0.4) is 0 Å². The van der Waals surface area contributed by atoms with Crippen molar-refractivity contribution < 1.29 is 13.9 Å². The van der Waals surface area contributed by atoms with Gasteiger partial charge in [0.2, 0.25) is 0 Å². The molecular formula is C8H8FNO2. The van der Waals surface area contributed by atoms with Gasteiger partial charge in [-0.15, -0.1) is 0 Å². The predicted octanol–water partition coefficient (Wildman–Crippen LogP) is 1.32. The van der Waals surface area contributed by atoms with Crippen molar-refractivity contribution in [2.75, 3.05) is 7.11 Å². The highest BCUT2D eigenvalue weighted by atomic mass is 19.1. The summed E-state index contributed by atoms with van der Waals surface area (Å²) in [6, 6.07) is 0. The van der Waals surface area contributed by atoms with Gasteiger partial charge in [-0.05, 0) is 12.5 Å². The van der Waals surface area contributed by atoms with Gasteiger partial charge in [-0.25, -0.2) is 9.18 Å². The molecule has 0 radical (unpaired) electrons. The van der Waals surface area contributed by atoms with E-state index in [1.165, 1.54) is 13.3 Å². The molecule has 0 spiro atoms. The molecule has 0 unspecified atom stereocenters. The first kappa shape index (κ1) is 8.64. The Labute approximate surface area is 69.2 Å². The first-order valence-corrected chi connectivity index (χ1v) is 3.35. The molecule has 0 aliphatic carbocycles. The van der Waals surface area contributed by atoms with Crippen molar-refractivity contribution in [3.63, 3.8) is 0 Å². The lowest BCUT2D eigenvalue weighted by molar-refractivity contribution is 0.0594. The lowest BCUT2D eigenvalue weighted by atomic mass is 10.1. The number of hydrogen-bond acceptors (Lipinski definition) is 3. The summed E-state index contributed by atoms with van der Waals surface area (Å²) in [5.74, 6) is -1.32. The van der Waals surface area contributed by atoms with E-state index in [4.69, 9.17) is 0 Å². The van der Waals surface area contributed by atoms with E-state index in [-0.39, 0.29) is 5.56 Å². The third kappa shape index (κ3) is 1.42. The van der Waals surface area contributed by atoms with Crippen LogP contribution in [0.5, 0.6) is 0 Å². The number of pyridine rings is 1. The normalized spacial score (nSPS) is 9.58. The standard InChI is InChI=1S/C8H8FNO2/c1-5-3-10-4-6(9)7(5)8(11)12-2/h3-4H,1-2H3. The molecule has 0 aliphatic rings. The average molecular weight is 169 g/mol. The topological polar surface area (TPSA) is 39.2 Å². The number of methoxy groups -OCH3 is 1. The number of aryl methyl sites for hydroxylation is 1. The summed E-state index contributed by atoms with van der Waals surface area (Å²) in [5, 5.41) is 0. The van der Waals surface area contributed by atoms with E-state index in [0.29, 0.717) is 5.56 Å². The summed E-state index contributed by atoms with van der Waals surface area (Å²) in [6.07, 6.45) is 2.40. The minimum absolute atomic E-state index is 0.0486. The third-order valence-corrected chi connectivity index (χ3v) is 1.48. The Balaban J connectivity index is 3.21. The molecule has 0 aromatic carbocycles. The lowest BCUT2D eigenvalue weighted by Crippen LogP contribution is -2.07. The molecule has 64 valence electrons. The summed E-state index contributed by atoms with van der Waals surface area (Å²) in [4.78, 5) is 14.5. The summed E-state index contributed by atoms with van der Waals surface area (Å²) < 4.78 is 17.3. The molecule has 1 aromatic heterocycles. The van der Waals surface area contributed by atoms with Crippen LogP contribution in [0, 0.1) is 12.7 Å². The second kappa shape index (κ2) is 3.30. The van der Waals surface area contributed by atoms with Crippen LogP contribution < -0.4 is 0 Å². The Morgan fingerprint density at radius 3 is 2.75 bits per heavy atom. The minimum atomic E-state index is -0.674. The Morgan fingerprint density at radius 2 is 2.25 bits per heavy atom. The highest BCUT2D eigenvalue weighted by Gasteiger charge is 2.14. The Hall–Kier alpha value is -1.45. The molecule has 4 heteroatoms. The minimum Gasteiger partial charge on any atom is -0.465 e. The van der Waals surface area contributed by atoms with Gasteiger partial charge < -0.3 is 4.74 Å². The van der Waals surface area contributed by atoms with E-state index < -0.39 is 11.8 Å². The molecule has 0 bridgehead atoms. The smallest absolute Gasteiger partial charge is 0.341 e. The predicted molar refractivity (Wildman–Crippen MR) is 40.3 cm³/mol. The number of ether oxygens (including phenoxy) is 1. The van der Waals surface area contributed by atoms with Crippen LogP contribution in [0.4, 0.5) is 4.39 Å². The van der Waals surface area contributed by atoms with Crippen molar-refractivity contribution in [1.29, 1.82) is 0 Å². The van der Waals surface area contributed by atoms with Gasteiger partial charge in [0.15, 0.2) is 5.82 Å². The van der Waals surface area contributed by atoms with Crippen LogP contribution in [-0.2, 0) is 4.74 Å². The molecule has 0 N–H and O–H groups in total. The first-order chi connectivity index (χ1) is 5.66. The number of carbonyl (C=O) groups excluding carboxylic acids is 1. The van der Waals surface area contributed by atoms with E-state index in [0.717, 1.165) is 6.20 Å². The van der Waals surface area contributed by atoms with Gasteiger partial charge in [-0.3, -0.25) is 4.98 Å². The molecule has 0 amide bonds. The number of hydrogen-bond donors (Lipinski definition) is 0. The van der Waals surface area contributed by atoms with Crippen LogP contribution in [0.25, 0.3) is 0 Å². The highest BCUT2D eigenvalue weighted by molar-refractivity contribution is 5.90. The fraction of sp³-hybridized carbons (Fsp3) is 0.250. The molecule has 3 nitrogen and oxygen atoms in total. The molecule has 12 heavy (non-hydrogen) atoms. The molecule has 1 heterocycles. The zero-order valence-corrected chi connectivity index (χ0v) is 6.80. The van der Waals surface area contributed by atoms with Crippen molar-refractivity contribution in [2.24, 2.45) is 0 Å². The van der Waals surface area contributed by atoms with E-state index in [1.807, 2.05) is 0 Å². The molecule has 1 aromatic rings. The van der Waals surface area contributed by atoms with Crippen molar-refractivity contribution in [2.45, 2.75) is 6.92 Å². The fourth-order valence-electron chi connectivity index (χ4n) is 0.893. The number of rotatable bonds is 1. The van der Waals surface area contributed by atoms with Crippen LogP contribution in [0.15, 0.2) is 12.4 Å². The maximum atomic E-state index is 12.9. The average Bonchev–Trinajstić information content (AvgIpc) is 2.03. The molecule has 0 saturated carbocycles. The molecule has 1 rings (SSSR count). The van der Waals surface area contributed by atoms with Crippen molar-refractivity contribution in [3.05, 3.63) is 29.3 Å². The first-order valence-electron chi connectivity index (χ1n) is 3.35. The van der Waals surface area contributed by atoms with Crippen LogP contribution >= 0.6 is 0 Å². The van der Waals surface area contributed by atoms with Crippen molar-refractivity contribution in [1.82, 2.24) is 4.98 Å². The maximum Gasteiger partial charge on any atom is 0.341 e. The number of nitrogens with zero attached hydrogens (tertiary/aromatic N) is 1. The quantitative estimate of drug-likeness (QED) is 0.595. The highest BCUT2D eigenvalue weighted by Crippen LogP contribution is 2.11. The van der Waals surface area contributed by atoms with E-state index in [2.05, 4.69) is 9.72 Å². The van der Waals surface area contributed by atoms with Crippen LogP contribution in [-0.4, -0.2) is 18.1 Å². The third-order valence-electron chi connectivity index (χ3n) is 1.48. The molecule has 0 atom stereocenters. The second-order valence-electron chi connectivity index (χ2n) is 2.30. The Morgan fingerprint density at radius 1 is 1.58 bits per heavy atom. The number of esters is 1. The summed E-state index contributed by atoms with van der Waals surface area (Å²) >= 11 is 0. The van der Waals surface area contributed by atoms with Crippen LogP contribution in [0.2, 0.25) is 0 Å². The largest absolute Gasteiger partial charge is 0.465 e. The Bertz CT molecular complexity index is 292. The number of halogens is 1. The molecule has 0 saturated heterocycles. The van der Waals surface area contributed by atoms with Gasteiger partial charge >= 0.3 is 5.97 Å². The van der Waals surface area contributed by atoms with Gasteiger partial charge in [0, 0.05) is 6.20 Å². The zero-order valence-electron chi connectivity index (χ0n) is 6.80.